The maximum atomic E-state index is 13.1. The van der Waals surface area contributed by atoms with Crippen LogP contribution in [0.2, 0.25) is 0 Å². The Morgan fingerprint density at radius 1 is 1.15 bits per heavy atom. The van der Waals surface area contributed by atoms with E-state index in [-0.39, 0.29) is 17.3 Å². The number of rotatable bonds is 4. The number of hydrogen-bond acceptors (Lipinski definition) is 4. The predicted molar refractivity (Wildman–Crippen MR) is 99.6 cm³/mol. The minimum absolute atomic E-state index is 0.179. The van der Waals surface area contributed by atoms with Gasteiger partial charge in [-0.1, -0.05) is 37.5 Å². The average Bonchev–Trinajstić information content (AvgIpc) is 2.95. The maximum Gasteiger partial charge on any atom is 0.274 e. The van der Waals surface area contributed by atoms with E-state index in [0.29, 0.717) is 43.8 Å². The molecule has 1 aromatic heterocycles. The Labute approximate surface area is 158 Å². The highest BCUT2D eigenvalue weighted by Gasteiger charge is 2.33. The quantitative estimate of drug-likeness (QED) is 0.892. The van der Waals surface area contributed by atoms with E-state index < -0.39 is 5.91 Å². The van der Waals surface area contributed by atoms with Gasteiger partial charge in [0.25, 0.3) is 11.8 Å². The van der Waals surface area contributed by atoms with Gasteiger partial charge in [-0.05, 0) is 18.1 Å². The highest BCUT2D eigenvalue weighted by atomic mass is 16.5. The number of hydrogen-bond donors (Lipinski definition) is 1. The van der Waals surface area contributed by atoms with Gasteiger partial charge in [-0.2, -0.15) is 5.10 Å². The molecule has 4 rings (SSSR count). The summed E-state index contributed by atoms with van der Waals surface area (Å²) in [4.78, 5) is 26.8. The van der Waals surface area contributed by atoms with Gasteiger partial charge in [0.15, 0.2) is 5.69 Å². The molecule has 7 heteroatoms. The van der Waals surface area contributed by atoms with Gasteiger partial charge in [-0.25, -0.2) is 4.68 Å². The maximum absolute atomic E-state index is 13.1. The Bertz CT molecular complexity index is 829. The van der Waals surface area contributed by atoms with Gasteiger partial charge >= 0.3 is 0 Å². The molecule has 1 saturated heterocycles. The van der Waals surface area contributed by atoms with Crippen LogP contribution in [0.5, 0.6) is 0 Å². The van der Waals surface area contributed by atoms with Crippen LogP contribution >= 0.6 is 0 Å². The molecule has 2 N–H and O–H groups in total. The number of carbonyl (C=O) groups excluding carboxylic acids is 2. The van der Waals surface area contributed by atoms with Crippen molar-refractivity contribution in [3.05, 3.63) is 47.8 Å². The zero-order chi connectivity index (χ0) is 18.8. The second-order valence-corrected chi connectivity index (χ2v) is 7.30. The lowest BCUT2D eigenvalue weighted by molar-refractivity contribution is 0.0682. The fourth-order valence-electron chi connectivity index (χ4n) is 3.81. The normalized spacial score (nSPS) is 20.7. The number of carbonyl (C=O) groups is 2. The third-order valence-electron chi connectivity index (χ3n) is 5.58. The highest BCUT2D eigenvalue weighted by molar-refractivity contribution is 5.97. The van der Waals surface area contributed by atoms with Crippen molar-refractivity contribution in [3.63, 3.8) is 0 Å². The van der Waals surface area contributed by atoms with Crippen molar-refractivity contribution in [1.29, 1.82) is 0 Å². The number of aromatic nitrogens is 2. The zero-order valence-corrected chi connectivity index (χ0v) is 15.2. The average molecular weight is 368 g/mol. The topological polar surface area (TPSA) is 90.5 Å². The van der Waals surface area contributed by atoms with Crippen LogP contribution in [-0.4, -0.2) is 52.8 Å². The molecule has 0 spiro atoms. The summed E-state index contributed by atoms with van der Waals surface area (Å²) in [6, 6.07) is 10.7. The summed E-state index contributed by atoms with van der Waals surface area (Å²) >= 11 is 0. The smallest absolute Gasteiger partial charge is 0.274 e. The van der Waals surface area contributed by atoms with E-state index in [1.54, 1.807) is 4.90 Å². The van der Waals surface area contributed by atoms with E-state index in [9.17, 15) is 9.59 Å². The van der Waals surface area contributed by atoms with Crippen LogP contribution in [0.1, 0.15) is 40.2 Å². The van der Waals surface area contributed by atoms with Crippen molar-refractivity contribution < 1.29 is 14.3 Å². The molecule has 2 heterocycles. The highest BCUT2D eigenvalue weighted by Crippen LogP contribution is 2.35. The second-order valence-electron chi connectivity index (χ2n) is 7.30. The summed E-state index contributed by atoms with van der Waals surface area (Å²) in [7, 11) is 0. The lowest BCUT2D eigenvalue weighted by atomic mass is 9.76. The first kappa shape index (κ1) is 17.7. The van der Waals surface area contributed by atoms with Gasteiger partial charge in [0.05, 0.1) is 18.9 Å². The van der Waals surface area contributed by atoms with Crippen molar-refractivity contribution >= 4 is 11.8 Å². The van der Waals surface area contributed by atoms with Gasteiger partial charge in [0, 0.05) is 25.1 Å². The van der Waals surface area contributed by atoms with Gasteiger partial charge in [-0.3, -0.25) is 9.59 Å². The Kier molecular flexibility index (Phi) is 4.94. The van der Waals surface area contributed by atoms with E-state index in [4.69, 9.17) is 10.5 Å². The minimum Gasteiger partial charge on any atom is -0.379 e. The lowest BCUT2D eigenvalue weighted by Gasteiger charge is -2.34. The van der Waals surface area contributed by atoms with E-state index in [1.807, 2.05) is 30.3 Å². The molecular weight excluding hydrogens is 344 g/mol. The van der Waals surface area contributed by atoms with Crippen LogP contribution in [-0.2, 0) is 4.74 Å². The van der Waals surface area contributed by atoms with E-state index in [0.717, 1.165) is 0 Å². The summed E-state index contributed by atoms with van der Waals surface area (Å²) in [5.74, 6) is 0.220. The van der Waals surface area contributed by atoms with Crippen molar-refractivity contribution in [3.8, 4) is 5.69 Å². The molecule has 142 valence electrons. The molecule has 1 aromatic carbocycles. The molecule has 1 saturated carbocycles. The van der Waals surface area contributed by atoms with Crippen LogP contribution in [0.4, 0.5) is 0 Å². The number of ether oxygens (including phenoxy) is 1. The number of benzene rings is 1. The summed E-state index contributed by atoms with van der Waals surface area (Å²) in [6.07, 6.45) is 3.69. The second kappa shape index (κ2) is 7.52. The summed E-state index contributed by atoms with van der Waals surface area (Å²) in [5, 5.41) is 4.40. The molecular formula is C20H24N4O3. The van der Waals surface area contributed by atoms with Crippen molar-refractivity contribution in [1.82, 2.24) is 14.7 Å². The predicted octanol–water partition coefficient (Wildman–Crippen LogP) is 1.86. The standard InChI is InChI=1S/C20H24N4O3/c21-19(25)18-11-17(22-24(18)16-7-2-1-3-8-16)20(26)23-9-10-27-13-15(12-23)14-5-4-6-14/h1-3,7-8,11,14-15H,4-6,9-10,12-13H2,(H2,21,25). The van der Waals surface area contributed by atoms with E-state index >= 15 is 0 Å². The number of amides is 2. The third kappa shape index (κ3) is 3.60. The molecule has 27 heavy (non-hydrogen) atoms. The van der Waals surface area contributed by atoms with Crippen LogP contribution < -0.4 is 5.73 Å². The van der Waals surface area contributed by atoms with Gasteiger partial charge in [0.2, 0.25) is 0 Å². The minimum atomic E-state index is -0.614. The zero-order valence-electron chi connectivity index (χ0n) is 15.2. The van der Waals surface area contributed by atoms with Crippen molar-refractivity contribution in [2.75, 3.05) is 26.3 Å². The first-order valence-corrected chi connectivity index (χ1v) is 9.46. The van der Waals surface area contributed by atoms with E-state index in [1.165, 1.54) is 30.0 Å². The number of primary amides is 1. The summed E-state index contributed by atoms with van der Waals surface area (Å²) in [6.45, 7) is 2.44. The first-order valence-electron chi connectivity index (χ1n) is 9.46. The molecule has 0 radical (unpaired) electrons. The number of para-hydroxylation sites is 1. The fraction of sp³-hybridized carbons (Fsp3) is 0.450. The molecule has 7 nitrogen and oxygen atoms in total. The summed E-state index contributed by atoms with van der Waals surface area (Å²) in [5.41, 5.74) is 6.64. The molecule has 0 bridgehead atoms. The Balaban J connectivity index is 1.60. The largest absolute Gasteiger partial charge is 0.379 e. The molecule has 2 amide bonds. The Morgan fingerprint density at radius 3 is 2.59 bits per heavy atom. The molecule has 2 aliphatic rings. The Morgan fingerprint density at radius 2 is 1.93 bits per heavy atom. The lowest BCUT2D eigenvalue weighted by Crippen LogP contribution is -2.39. The van der Waals surface area contributed by atoms with Crippen LogP contribution in [0, 0.1) is 11.8 Å². The number of nitrogens with zero attached hydrogens (tertiary/aromatic N) is 3. The SMILES string of the molecule is NC(=O)c1cc(C(=O)N2CCOCC(C3CCC3)C2)nn1-c1ccccc1. The van der Waals surface area contributed by atoms with Crippen LogP contribution in [0.15, 0.2) is 36.4 Å². The van der Waals surface area contributed by atoms with Gasteiger partial charge < -0.3 is 15.4 Å². The molecule has 1 unspecified atom stereocenters. The molecule has 2 fully saturated rings. The van der Waals surface area contributed by atoms with Crippen molar-refractivity contribution in [2.24, 2.45) is 17.6 Å². The summed E-state index contributed by atoms with van der Waals surface area (Å²) < 4.78 is 7.16. The molecule has 2 aromatic rings. The Hall–Kier alpha value is -2.67. The molecule has 1 atom stereocenters. The molecule has 1 aliphatic heterocycles. The van der Waals surface area contributed by atoms with Crippen LogP contribution in [0.3, 0.4) is 0 Å². The van der Waals surface area contributed by atoms with Gasteiger partial charge in [0.1, 0.15) is 5.69 Å². The van der Waals surface area contributed by atoms with Crippen LogP contribution in [0.25, 0.3) is 5.69 Å². The first-order chi connectivity index (χ1) is 13.1. The number of nitrogens with two attached hydrogens (primary N) is 1. The monoisotopic (exact) mass is 368 g/mol. The third-order valence-corrected chi connectivity index (χ3v) is 5.58. The van der Waals surface area contributed by atoms with Gasteiger partial charge in [-0.15, -0.1) is 0 Å². The fourth-order valence-corrected chi connectivity index (χ4v) is 3.81. The molecule has 1 aliphatic carbocycles. The van der Waals surface area contributed by atoms with Crippen molar-refractivity contribution in [2.45, 2.75) is 19.3 Å². The van der Waals surface area contributed by atoms with E-state index in [2.05, 4.69) is 5.10 Å².